The molecule has 1 aromatic rings. The molecule has 0 aliphatic carbocycles. The quantitative estimate of drug-likeness (QED) is 0.804. The number of ether oxygens (including phenoxy) is 1. The third-order valence-electron chi connectivity index (χ3n) is 1.64. The fraction of sp³-hybridized carbons (Fsp3) is 0.500. The normalized spacial score (nSPS) is 10.6. The average molecular weight is 203 g/mol. The van der Waals surface area contributed by atoms with E-state index in [0.717, 1.165) is 0 Å². The van der Waals surface area contributed by atoms with Gasteiger partial charge in [-0.2, -0.15) is 9.97 Å². The maximum absolute atomic E-state index is 11.8. The molecule has 1 aromatic heterocycles. The minimum Gasteiger partial charge on any atom is -0.457 e. The molecule has 14 heavy (non-hydrogen) atoms. The van der Waals surface area contributed by atoms with Crippen molar-refractivity contribution < 1.29 is 13.5 Å². The lowest BCUT2D eigenvalue weighted by molar-refractivity contribution is 0.0768. The van der Waals surface area contributed by atoms with Gasteiger partial charge < -0.3 is 10.5 Å². The number of aryl methyl sites for hydroxylation is 2. The van der Waals surface area contributed by atoms with Gasteiger partial charge in [0.15, 0.2) is 6.61 Å². The Morgan fingerprint density at radius 2 is 1.79 bits per heavy atom. The van der Waals surface area contributed by atoms with Crippen molar-refractivity contribution >= 4 is 5.69 Å². The summed E-state index contributed by atoms with van der Waals surface area (Å²) < 4.78 is 28.2. The van der Waals surface area contributed by atoms with E-state index in [9.17, 15) is 8.78 Å². The molecule has 0 fully saturated rings. The highest BCUT2D eigenvalue weighted by Gasteiger charge is 2.08. The summed E-state index contributed by atoms with van der Waals surface area (Å²) >= 11 is 0. The van der Waals surface area contributed by atoms with Crippen LogP contribution in [0.15, 0.2) is 0 Å². The van der Waals surface area contributed by atoms with Gasteiger partial charge in [-0.05, 0) is 13.8 Å². The third kappa shape index (κ3) is 2.51. The molecular weight excluding hydrogens is 192 g/mol. The van der Waals surface area contributed by atoms with E-state index in [-0.39, 0.29) is 6.01 Å². The third-order valence-corrected chi connectivity index (χ3v) is 1.64. The number of nitrogens with zero attached hydrogens (tertiary/aromatic N) is 2. The molecule has 0 aromatic carbocycles. The first-order valence-electron chi connectivity index (χ1n) is 4.02. The van der Waals surface area contributed by atoms with Crippen molar-refractivity contribution in [3.8, 4) is 6.01 Å². The summed E-state index contributed by atoms with van der Waals surface area (Å²) in [5.41, 5.74) is 7.09. The molecule has 0 bridgehead atoms. The number of nitrogens with two attached hydrogens (primary N) is 1. The van der Waals surface area contributed by atoms with Crippen molar-refractivity contribution in [2.45, 2.75) is 20.3 Å². The van der Waals surface area contributed by atoms with Gasteiger partial charge in [-0.15, -0.1) is 0 Å². The van der Waals surface area contributed by atoms with E-state index in [0.29, 0.717) is 17.1 Å². The largest absolute Gasteiger partial charge is 0.457 e. The van der Waals surface area contributed by atoms with Crippen molar-refractivity contribution in [3.05, 3.63) is 11.4 Å². The Balaban J connectivity index is 2.79. The van der Waals surface area contributed by atoms with E-state index in [4.69, 9.17) is 5.73 Å². The van der Waals surface area contributed by atoms with Crippen LogP contribution in [0.2, 0.25) is 0 Å². The maximum atomic E-state index is 11.8. The standard InChI is InChI=1S/C8H11F2N3O/c1-4-7(11)5(2)13-8(12-4)14-3-6(9)10/h6H,3,11H2,1-2H3. The molecule has 0 amide bonds. The van der Waals surface area contributed by atoms with E-state index in [1.807, 2.05) is 0 Å². The maximum Gasteiger partial charge on any atom is 0.317 e. The lowest BCUT2D eigenvalue weighted by atomic mass is 10.3. The molecule has 1 rings (SSSR count). The number of halogens is 2. The molecular formula is C8H11F2N3O. The van der Waals surface area contributed by atoms with Crippen LogP contribution in [0, 0.1) is 13.8 Å². The zero-order valence-electron chi connectivity index (χ0n) is 7.92. The minimum absolute atomic E-state index is 0.0606. The SMILES string of the molecule is Cc1nc(OCC(F)F)nc(C)c1N. The van der Waals surface area contributed by atoms with Crippen molar-refractivity contribution in [3.63, 3.8) is 0 Å². The van der Waals surface area contributed by atoms with E-state index < -0.39 is 13.0 Å². The Morgan fingerprint density at radius 1 is 1.29 bits per heavy atom. The molecule has 0 spiro atoms. The second-order valence-electron chi connectivity index (χ2n) is 2.79. The first-order valence-corrected chi connectivity index (χ1v) is 4.02. The topological polar surface area (TPSA) is 61.0 Å². The predicted octanol–water partition coefficient (Wildman–Crippen LogP) is 1.32. The van der Waals surface area contributed by atoms with Gasteiger partial charge >= 0.3 is 6.01 Å². The molecule has 0 aliphatic rings. The highest BCUT2D eigenvalue weighted by atomic mass is 19.3. The van der Waals surface area contributed by atoms with Crippen LogP contribution in [0.3, 0.4) is 0 Å². The van der Waals surface area contributed by atoms with Crippen molar-refractivity contribution in [2.24, 2.45) is 0 Å². The Morgan fingerprint density at radius 3 is 2.21 bits per heavy atom. The summed E-state index contributed by atoms with van der Waals surface area (Å²) in [6, 6.07) is -0.0606. The van der Waals surface area contributed by atoms with Crippen LogP contribution < -0.4 is 10.5 Å². The Kier molecular flexibility index (Phi) is 3.16. The van der Waals surface area contributed by atoms with Crippen molar-refractivity contribution in [2.75, 3.05) is 12.3 Å². The molecule has 4 nitrogen and oxygen atoms in total. The number of alkyl halides is 2. The molecule has 78 valence electrons. The number of hydrogen-bond donors (Lipinski definition) is 1. The van der Waals surface area contributed by atoms with Crippen LogP contribution >= 0.6 is 0 Å². The first-order chi connectivity index (χ1) is 6.50. The zero-order chi connectivity index (χ0) is 10.7. The van der Waals surface area contributed by atoms with Gasteiger partial charge in [0.05, 0.1) is 17.1 Å². The smallest absolute Gasteiger partial charge is 0.317 e. The van der Waals surface area contributed by atoms with Crippen LogP contribution in [0.25, 0.3) is 0 Å². The van der Waals surface area contributed by atoms with Gasteiger partial charge in [0.2, 0.25) is 0 Å². The summed E-state index contributed by atoms with van der Waals surface area (Å²) in [5, 5.41) is 0. The highest BCUT2D eigenvalue weighted by Crippen LogP contribution is 2.15. The van der Waals surface area contributed by atoms with Gasteiger partial charge in [0, 0.05) is 0 Å². The second kappa shape index (κ2) is 4.17. The second-order valence-corrected chi connectivity index (χ2v) is 2.79. The average Bonchev–Trinajstić information content (AvgIpc) is 2.10. The highest BCUT2D eigenvalue weighted by molar-refractivity contribution is 5.46. The Bertz CT molecular complexity index is 307. The van der Waals surface area contributed by atoms with Gasteiger partial charge in [0.1, 0.15) is 0 Å². The van der Waals surface area contributed by atoms with E-state index in [1.54, 1.807) is 13.8 Å². The number of rotatable bonds is 3. The molecule has 6 heteroatoms. The Labute approximate surface area is 80.1 Å². The van der Waals surface area contributed by atoms with Crippen LogP contribution in [0.4, 0.5) is 14.5 Å². The lowest BCUT2D eigenvalue weighted by Gasteiger charge is -2.07. The minimum atomic E-state index is -2.53. The summed E-state index contributed by atoms with van der Waals surface area (Å²) in [6.45, 7) is 2.63. The van der Waals surface area contributed by atoms with Gasteiger partial charge in [-0.25, -0.2) is 8.78 Å². The number of nitrogen functional groups attached to an aromatic ring is 1. The van der Waals surface area contributed by atoms with E-state index in [1.165, 1.54) is 0 Å². The molecule has 2 N–H and O–H groups in total. The first kappa shape index (κ1) is 10.6. The van der Waals surface area contributed by atoms with Crippen LogP contribution in [0.1, 0.15) is 11.4 Å². The van der Waals surface area contributed by atoms with Crippen molar-refractivity contribution in [1.29, 1.82) is 0 Å². The van der Waals surface area contributed by atoms with Gasteiger partial charge in [-0.3, -0.25) is 0 Å². The molecule has 0 atom stereocenters. The molecule has 0 saturated carbocycles. The van der Waals surface area contributed by atoms with Crippen molar-refractivity contribution in [1.82, 2.24) is 9.97 Å². The number of hydrogen-bond acceptors (Lipinski definition) is 4. The summed E-state index contributed by atoms with van der Waals surface area (Å²) in [6.07, 6.45) is -2.53. The predicted molar refractivity (Wildman–Crippen MR) is 47.4 cm³/mol. The van der Waals surface area contributed by atoms with Gasteiger partial charge in [-0.1, -0.05) is 0 Å². The fourth-order valence-electron chi connectivity index (χ4n) is 0.896. The van der Waals surface area contributed by atoms with Crippen LogP contribution in [-0.2, 0) is 0 Å². The molecule has 0 saturated heterocycles. The lowest BCUT2D eigenvalue weighted by Crippen LogP contribution is -2.11. The van der Waals surface area contributed by atoms with E-state index >= 15 is 0 Å². The molecule has 0 unspecified atom stereocenters. The zero-order valence-corrected chi connectivity index (χ0v) is 7.92. The number of anilines is 1. The van der Waals surface area contributed by atoms with E-state index in [2.05, 4.69) is 14.7 Å². The molecule has 0 aliphatic heterocycles. The van der Waals surface area contributed by atoms with Gasteiger partial charge in [0.25, 0.3) is 6.43 Å². The summed E-state index contributed by atoms with van der Waals surface area (Å²) in [5.74, 6) is 0. The Hall–Kier alpha value is -1.46. The van der Waals surface area contributed by atoms with Crippen LogP contribution in [-0.4, -0.2) is 23.0 Å². The molecule has 1 heterocycles. The molecule has 0 radical (unpaired) electrons. The fourth-order valence-corrected chi connectivity index (χ4v) is 0.896. The monoisotopic (exact) mass is 203 g/mol. The van der Waals surface area contributed by atoms with Crippen LogP contribution in [0.5, 0.6) is 6.01 Å². The number of aromatic nitrogens is 2. The summed E-state index contributed by atoms with van der Waals surface area (Å²) in [7, 11) is 0. The summed E-state index contributed by atoms with van der Waals surface area (Å²) in [4.78, 5) is 7.63.